The zero-order chi connectivity index (χ0) is 12.4. The Hall–Kier alpha value is -1.42. The van der Waals surface area contributed by atoms with Gasteiger partial charge in [0, 0.05) is 18.5 Å². The number of carbonyl (C=O) groups excluding carboxylic acids is 1. The largest absolute Gasteiger partial charge is 0.386 e. The van der Waals surface area contributed by atoms with Gasteiger partial charge in [-0.15, -0.1) is 0 Å². The average molecular weight is 237 g/mol. The molecule has 1 aliphatic rings. The van der Waals surface area contributed by atoms with E-state index in [1.54, 1.807) is 23.1 Å². The van der Waals surface area contributed by atoms with Crippen LogP contribution in [-0.2, 0) is 4.79 Å². The van der Waals surface area contributed by atoms with Gasteiger partial charge in [0.25, 0.3) is 0 Å². The Morgan fingerprint density at radius 2 is 2.24 bits per heavy atom. The number of benzene rings is 1. The van der Waals surface area contributed by atoms with Crippen LogP contribution in [-0.4, -0.2) is 29.0 Å². The van der Waals surface area contributed by atoms with Crippen LogP contribution in [0.25, 0.3) is 0 Å². The molecule has 0 spiro atoms. The standard InChI is InChI=1S/C13H16FNO2/c1-9-6-13(17)15(7-9)8-12(16)10-4-2-3-5-11(10)14/h2-5,9,12,16H,6-8H2,1H3. The molecule has 1 aromatic rings. The van der Waals surface area contributed by atoms with Crippen LogP contribution in [0.4, 0.5) is 4.39 Å². The SMILES string of the molecule is CC1CC(=O)N(CC(O)c2ccccc2F)C1. The van der Waals surface area contributed by atoms with Gasteiger partial charge in [-0.2, -0.15) is 0 Å². The van der Waals surface area contributed by atoms with Crippen molar-refractivity contribution >= 4 is 5.91 Å². The van der Waals surface area contributed by atoms with E-state index in [0.29, 0.717) is 18.9 Å². The highest BCUT2D eigenvalue weighted by Gasteiger charge is 2.28. The van der Waals surface area contributed by atoms with Crippen molar-refractivity contribution < 1.29 is 14.3 Å². The van der Waals surface area contributed by atoms with E-state index in [4.69, 9.17) is 0 Å². The van der Waals surface area contributed by atoms with Gasteiger partial charge < -0.3 is 10.0 Å². The van der Waals surface area contributed by atoms with Gasteiger partial charge in [0.1, 0.15) is 5.82 Å². The first kappa shape index (κ1) is 12.0. The number of rotatable bonds is 3. The van der Waals surface area contributed by atoms with Gasteiger partial charge in [0.2, 0.25) is 5.91 Å². The van der Waals surface area contributed by atoms with Crippen LogP contribution in [0.5, 0.6) is 0 Å². The first-order valence-corrected chi connectivity index (χ1v) is 5.78. The molecular weight excluding hydrogens is 221 g/mol. The van der Waals surface area contributed by atoms with Crippen LogP contribution in [0.3, 0.4) is 0 Å². The predicted molar refractivity (Wildman–Crippen MR) is 61.7 cm³/mol. The molecule has 2 atom stereocenters. The van der Waals surface area contributed by atoms with E-state index in [9.17, 15) is 14.3 Å². The van der Waals surface area contributed by atoms with Crippen molar-refractivity contribution in [1.29, 1.82) is 0 Å². The smallest absolute Gasteiger partial charge is 0.223 e. The van der Waals surface area contributed by atoms with Crippen molar-refractivity contribution in [3.8, 4) is 0 Å². The first-order valence-electron chi connectivity index (χ1n) is 5.78. The average Bonchev–Trinajstić information content (AvgIpc) is 2.58. The highest BCUT2D eigenvalue weighted by Crippen LogP contribution is 2.22. The molecule has 1 aliphatic heterocycles. The molecule has 1 aromatic carbocycles. The fraction of sp³-hybridized carbons (Fsp3) is 0.462. The summed E-state index contributed by atoms with van der Waals surface area (Å²) in [4.78, 5) is 13.2. The summed E-state index contributed by atoms with van der Waals surface area (Å²) in [6.07, 6.45) is -0.435. The molecule has 0 aromatic heterocycles. The van der Waals surface area contributed by atoms with Crippen LogP contribution in [0.15, 0.2) is 24.3 Å². The van der Waals surface area contributed by atoms with E-state index in [2.05, 4.69) is 0 Å². The van der Waals surface area contributed by atoms with E-state index in [0.717, 1.165) is 0 Å². The van der Waals surface area contributed by atoms with E-state index >= 15 is 0 Å². The molecule has 1 amide bonds. The van der Waals surface area contributed by atoms with Crippen LogP contribution < -0.4 is 0 Å². The minimum Gasteiger partial charge on any atom is -0.386 e. The van der Waals surface area contributed by atoms with E-state index in [1.165, 1.54) is 6.07 Å². The van der Waals surface area contributed by atoms with Crippen LogP contribution in [0.1, 0.15) is 25.0 Å². The zero-order valence-corrected chi connectivity index (χ0v) is 9.77. The number of hydrogen-bond acceptors (Lipinski definition) is 2. The Balaban J connectivity index is 2.05. The number of nitrogens with zero attached hydrogens (tertiary/aromatic N) is 1. The third kappa shape index (κ3) is 2.64. The lowest BCUT2D eigenvalue weighted by Crippen LogP contribution is -2.30. The molecule has 2 rings (SSSR count). The summed E-state index contributed by atoms with van der Waals surface area (Å²) in [5.41, 5.74) is 0.250. The summed E-state index contributed by atoms with van der Waals surface area (Å²) >= 11 is 0. The van der Waals surface area contributed by atoms with Gasteiger partial charge in [-0.25, -0.2) is 4.39 Å². The quantitative estimate of drug-likeness (QED) is 0.869. The summed E-state index contributed by atoms with van der Waals surface area (Å²) in [5.74, 6) is -0.0806. The second-order valence-corrected chi connectivity index (χ2v) is 4.65. The number of aliphatic hydroxyl groups excluding tert-OH is 1. The van der Waals surface area contributed by atoms with Crippen molar-refractivity contribution in [3.63, 3.8) is 0 Å². The second-order valence-electron chi connectivity index (χ2n) is 4.65. The Kier molecular flexibility index (Phi) is 3.43. The Bertz CT molecular complexity index is 422. The van der Waals surface area contributed by atoms with Crippen molar-refractivity contribution in [1.82, 2.24) is 4.90 Å². The maximum absolute atomic E-state index is 13.4. The number of halogens is 1. The molecule has 1 fully saturated rings. The molecule has 1 N–H and O–H groups in total. The molecular formula is C13H16FNO2. The zero-order valence-electron chi connectivity index (χ0n) is 9.77. The lowest BCUT2D eigenvalue weighted by atomic mass is 10.1. The van der Waals surface area contributed by atoms with Gasteiger partial charge in [-0.05, 0) is 12.0 Å². The lowest BCUT2D eigenvalue weighted by Gasteiger charge is -2.20. The van der Waals surface area contributed by atoms with Gasteiger partial charge in [-0.1, -0.05) is 25.1 Å². The molecule has 3 nitrogen and oxygen atoms in total. The Morgan fingerprint density at radius 1 is 1.53 bits per heavy atom. The van der Waals surface area contributed by atoms with Crippen LogP contribution in [0, 0.1) is 11.7 Å². The van der Waals surface area contributed by atoms with Gasteiger partial charge >= 0.3 is 0 Å². The van der Waals surface area contributed by atoms with Crippen molar-refractivity contribution in [2.24, 2.45) is 5.92 Å². The van der Waals surface area contributed by atoms with Crippen molar-refractivity contribution in [2.45, 2.75) is 19.4 Å². The topological polar surface area (TPSA) is 40.5 Å². The molecule has 2 unspecified atom stereocenters. The lowest BCUT2D eigenvalue weighted by molar-refractivity contribution is -0.129. The molecule has 0 saturated carbocycles. The fourth-order valence-corrected chi connectivity index (χ4v) is 2.20. The molecule has 17 heavy (non-hydrogen) atoms. The minimum atomic E-state index is -0.953. The Labute approximate surface area is 99.9 Å². The molecule has 0 aliphatic carbocycles. The highest BCUT2D eigenvalue weighted by atomic mass is 19.1. The maximum Gasteiger partial charge on any atom is 0.223 e. The molecule has 1 saturated heterocycles. The first-order chi connectivity index (χ1) is 8.08. The van der Waals surface area contributed by atoms with Crippen molar-refractivity contribution in [3.05, 3.63) is 35.6 Å². The second kappa shape index (κ2) is 4.84. The summed E-state index contributed by atoms with van der Waals surface area (Å²) in [6, 6.07) is 6.11. The van der Waals surface area contributed by atoms with Crippen molar-refractivity contribution in [2.75, 3.05) is 13.1 Å². The number of aliphatic hydroxyl groups is 1. The predicted octanol–water partition coefficient (Wildman–Crippen LogP) is 1.73. The van der Waals surface area contributed by atoms with Gasteiger partial charge in [-0.3, -0.25) is 4.79 Å². The molecule has 92 valence electrons. The number of likely N-dealkylation sites (tertiary alicyclic amines) is 1. The fourth-order valence-electron chi connectivity index (χ4n) is 2.20. The summed E-state index contributed by atoms with van der Waals surface area (Å²) in [6.45, 7) is 2.81. The van der Waals surface area contributed by atoms with E-state index in [1.807, 2.05) is 6.92 Å². The third-order valence-corrected chi connectivity index (χ3v) is 3.07. The number of β-amino-alcohol motifs (C(OH)–C–C–N with tert-alkyl or cyclic N) is 1. The van der Waals surface area contributed by atoms with Crippen LogP contribution >= 0.6 is 0 Å². The molecule has 4 heteroatoms. The molecule has 1 heterocycles. The number of hydrogen-bond donors (Lipinski definition) is 1. The monoisotopic (exact) mass is 237 g/mol. The highest BCUT2D eigenvalue weighted by molar-refractivity contribution is 5.78. The van der Waals surface area contributed by atoms with Gasteiger partial charge in [0.05, 0.1) is 12.6 Å². The van der Waals surface area contributed by atoms with Crippen LogP contribution in [0.2, 0.25) is 0 Å². The van der Waals surface area contributed by atoms with E-state index < -0.39 is 11.9 Å². The van der Waals surface area contributed by atoms with E-state index in [-0.39, 0.29) is 18.0 Å². The van der Waals surface area contributed by atoms with Gasteiger partial charge in [0.15, 0.2) is 0 Å². The Morgan fingerprint density at radius 3 is 2.82 bits per heavy atom. The molecule has 0 radical (unpaired) electrons. The third-order valence-electron chi connectivity index (χ3n) is 3.07. The minimum absolute atomic E-state index is 0.0351. The number of carbonyl (C=O) groups is 1. The summed E-state index contributed by atoms with van der Waals surface area (Å²) < 4.78 is 13.4. The number of amides is 1. The summed E-state index contributed by atoms with van der Waals surface area (Å²) in [7, 11) is 0. The molecule has 0 bridgehead atoms. The summed E-state index contributed by atoms with van der Waals surface area (Å²) in [5, 5.41) is 9.93. The normalized spacial score (nSPS) is 21.9. The maximum atomic E-state index is 13.4.